The Morgan fingerprint density at radius 2 is 2.42 bits per heavy atom. The molecule has 0 saturated carbocycles. The first-order chi connectivity index (χ1) is 9.11. The van der Waals surface area contributed by atoms with Crippen LogP contribution in [0.3, 0.4) is 0 Å². The SMILES string of the molecule is COC(CC(=O)O)Cn1nnnc1-c1scnc1C. The van der Waals surface area contributed by atoms with Gasteiger partial charge in [0.2, 0.25) is 0 Å². The van der Waals surface area contributed by atoms with Crippen molar-refractivity contribution in [1.82, 2.24) is 25.2 Å². The number of aliphatic carboxylic acids is 1. The summed E-state index contributed by atoms with van der Waals surface area (Å²) in [6.07, 6.45) is -0.578. The molecular formula is C10H13N5O3S. The average Bonchev–Trinajstić information content (AvgIpc) is 2.96. The first-order valence-corrected chi connectivity index (χ1v) is 6.41. The van der Waals surface area contributed by atoms with Crippen LogP contribution in [-0.2, 0) is 16.1 Å². The van der Waals surface area contributed by atoms with Crippen LogP contribution >= 0.6 is 11.3 Å². The van der Waals surface area contributed by atoms with Gasteiger partial charge in [0.1, 0.15) is 0 Å². The van der Waals surface area contributed by atoms with E-state index in [2.05, 4.69) is 20.5 Å². The van der Waals surface area contributed by atoms with Gasteiger partial charge >= 0.3 is 5.97 Å². The van der Waals surface area contributed by atoms with Gasteiger partial charge in [0, 0.05) is 7.11 Å². The first-order valence-electron chi connectivity index (χ1n) is 5.53. The molecule has 9 heteroatoms. The van der Waals surface area contributed by atoms with Crippen molar-refractivity contribution in [1.29, 1.82) is 0 Å². The van der Waals surface area contributed by atoms with Crippen molar-refractivity contribution in [3.05, 3.63) is 11.2 Å². The van der Waals surface area contributed by atoms with Crippen LogP contribution in [0.4, 0.5) is 0 Å². The van der Waals surface area contributed by atoms with Crippen molar-refractivity contribution in [3.63, 3.8) is 0 Å². The molecule has 0 bridgehead atoms. The Morgan fingerprint density at radius 1 is 1.63 bits per heavy atom. The lowest BCUT2D eigenvalue weighted by Gasteiger charge is -2.13. The third kappa shape index (κ3) is 3.12. The molecule has 1 unspecified atom stereocenters. The maximum absolute atomic E-state index is 10.7. The van der Waals surface area contributed by atoms with E-state index in [0.717, 1.165) is 10.6 Å². The number of ether oxygens (including phenoxy) is 1. The van der Waals surface area contributed by atoms with Crippen LogP contribution in [-0.4, -0.2) is 49.5 Å². The summed E-state index contributed by atoms with van der Waals surface area (Å²) in [5, 5.41) is 20.2. The molecule has 0 fully saturated rings. The Morgan fingerprint density at radius 3 is 3.00 bits per heavy atom. The van der Waals surface area contributed by atoms with E-state index in [1.54, 1.807) is 5.51 Å². The van der Waals surface area contributed by atoms with Crippen LogP contribution in [0.15, 0.2) is 5.51 Å². The number of carboxylic acids is 1. The molecule has 2 heterocycles. The summed E-state index contributed by atoms with van der Waals surface area (Å²) in [4.78, 5) is 15.7. The molecule has 0 aliphatic heterocycles. The van der Waals surface area contributed by atoms with Gasteiger partial charge < -0.3 is 9.84 Å². The number of carboxylic acid groups (broad SMARTS) is 1. The Bertz CT molecular complexity index is 567. The maximum atomic E-state index is 10.7. The minimum Gasteiger partial charge on any atom is -0.481 e. The van der Waals surface area contributed by atoms with Gasteiger partial charge in [0.15, 0.2) is 5.82 Å². The van der Waals surface area contributed by atoms with Gasteiger partial charge in [-0.05, 0) is 17.4 Å². The van der Waals surface area contributed by atoms with Gasteiger partial charge in [0.05, 0.1) is 35.2 Å². The predicted molar refractivity (Wildman–Crippen MR) is 66.7 cm³/mol. The highest BCUT2D eigenvalue weighted by Gasteiger charge is 2.19. The molecule has 0 radical (unpaired) electrons. The van der Waals surface area contributed by atoms with Crippen LogP contribution in [0.25, 0.3) is 10.7 Å². The number of aryl methyl sites for hydroxylation is 1. The highest BCUT2D eigenvalue weighted by molar-refractivity contribution is 7.13. The van der Waals surface area contributed by atoms with Gasteiger partial charge in [-0.25, -0.2) is 9.67 Å². The van der Waals surface area contributed by atoms with Crippen molar-refractivity contribution in [3.8, 4) is 10.7 Å². The summed E-state index contributed by atoms with van der Waals surface area (Å²) in [5.41, 5.74) is 2.56. The monoisotopic (exact) mass is 283 g/mol. The van der Waals surface area contributed by atoms with Crippen molar-refractivity contribution in [2.75, 3.05) is 7.11 Å². The topological polar surface area (TPSA) is 103 Å². The number of carbonyl (C=O) groups is 1. The number of thiazole rings is 1. The number of aromatic nitrogens is 5. The quantitative estimate of drug-likeness (QED) is 0.827. The first kappa shape index (κ1) is 13.6. The van der Waals surface area contributed by atoms with Gasteiger partial charge in [-0.3, -0.25) is 4.79 Å². The Balaban J connectivity index is 2.20. The number of rotatable bonds is 6. The Labute approximate surface area is 113 Å². The standard InChI is InChI=1S/C10H13N5O3S/c1-6-9(19-5-11-6)10-12-13-14-15(10)4-7(18-2)3-8(16)17/h5,7H,3-4H2,1-2H3,(H,16,17). The molecule has 0 aliphatic carbocycles. The second-order valence-electron chi connectivity index (χ2n) is 3.91. The van der Waals surface area contributed by atoms with Crippen molar-refractivity contribution >= 4 is 17.3 Å². The Kier molecular flexibility index (Phi) is 4.17. The van der Waals surface area contributed by atoms with E-state index in [0.29, 0.717) is 5.82 Å². The molecule has 2 aromatic heterocycles. The molecule has 2 rings (SSSR count). The van der Waals surface area contributed by atoms with E-state index in [1.165, 1.54) is 23.1 Å². The fourth-order valence-electron chi connectivity index (χ4n) is 1.62. The molecule has 0 saturated heterocycles. The van der Waals surface area contributed by atoms with Gasteiger partial charge in [-0.15, -0.1) is 16.4 Å². The third-order valence-electron chi connectivity index (χ3n) is 2.59. The van der Waals surface area contributed by atoms with E-state index < -0.39 is 12.1 Å². The summed E-state index contributed by atoms with van der Waals surface area (Å²) in [5.74, 6) is -0.345. The lowest BCUT2D eigenvalue weighted by Crippen LogP contribution is -2.23. The summed E-state index contributed by atoms with van der Waals surface area (Å²) < 4.78 is 6.67. The minimum absolute atomic E-state index is 0.0997. The fraction of sp³-hybridized carbons (Fsp3) is 0.500. The van der Waals surface area contributed by atoms with E-state index in [9.17, 15) is 4.79 Å². The highest BCUT2D eigenvalue weighted by Crippen LogP contribution is 2.24. The lowest BCUT2D eigenvalue weighted by molar-refractivity contribution is -0.139. The molecule has 19 heavy (non-hydrogen) atoms. The number of methoxy groups -OCH3 is 1. The van der Waals surface area contributed by atoms with E-state index in [-0.39, 0.29) is 13.0 Å². The molecule has 1 atom stereocenters. The summed E-state index contributed by atoms with van der Waals surface area (Å²) in [6.45, 7) is 2.15. The molecule has 8 nitrogen and oxygen atoms in total. The van der Waals surface area contributed by atoms with Crippen LogP contribution < -0.4 is 0 Å². The van der Waals surface area contributed by atoms with Gasteiger partial charge in [-0.1, -0.05) is 0 Å². The van der Waals surface area contributed by atoms with Crippen LogP contribution in [0, 0.1) is 6.92 Å². The Hall–Kier alpha value is -1.87. The lowest BCUT2D eigenvalue weighted by atomic mass is 10.2. The number of tetrazole rings is 1. The van der Waals surface area contributed by atoms with Gasteiger partial charge in [-0.2, -0.15) is 0 Å². The number of hydrogen-bond donors (Lipinski definition) is 1. The van der Waals surface area contributed by atoms with E-state index in [4.69, 9.17) is 9.84 Å². The molecule has 0 spiro atoms. The normalized spacial score (nSPS) is 12.5. The largest absolute Gasteiger partial charge is 0.481 e. The smallest absolute Gasteiger partial charge is 0.306 e. The summed E-state index contributed by atoms with van der Waals surface area (Å²) in [7, 11) is 1.47. The van der Waals surface area contributed by atoms with Crippen molar-refractivity contribution < 1.29 is 14.6 Å². The molecule has 1 N–H and O–H groups in total. The molecule has 0 amide bonds. The van der Waals surface area contributed by atoms with Crippen LogP contribution in [0.5, 0.6) is 0 Å². The van der Waals surface area contributed by atoms with Crippen LogP contribution in [0.1, 0.15) is 12.1 Å². The zero-order valence-electron chi connectivity index (χ0n) is 10.5. The second-order valence-corrected chi connectivity index (χ2v) is 4.76. The summed E-state index contributed by atoms with van der Waals surface area (Å²) in [6, 6.07) is 0. The minimum atomic E-state index is -0.921. The molecule has 102 valence electrons. The van der Waals surface area contributed by atoms with Crippen molar-refractivity contribution in [2.24, 2.45) is 0 Å². The molecular weight excluding hydrogens is 270 g/mol. The third-order valence-corrected chi connectivity index (χ3v) is 3.52. The molecule has 2 aromatic rings. The average molecular weight is 283 g/mol. The zero-order chi connectivity index (χ0) is 13.8. The molecule has 0 aliphatic rings. The fourth-order valence-corrected chi connectivity index (χ4v) is 2.41. The number of nitrogens with zero attached hydrogens (tertiary/aromatic N) is 5. The molecule has 0 aromatic carbocycles. The van der Waals surface area contributed by atoms with Gasteiger partial charge in [0.25, 0.3) is 0 Å². The zero-order valence-corrected chi connectivity index (χ0v) is 11.3. The number of hydrogen-bond acceptors (Lipinski definition) is 7. The summed E-state index contributed by atoms with van der Waals surface area (Å²) >= 11 is 1.44. The maximum Gasteiger partial charge on any atom is 0.306 e. The highest BCUT2D eigenvalue weighted by atomic mass is 32.1. The van der Waals surface area contributed by atoms with Crippen LogP contribution in [0.2, 0.25) is 0 Å². The van der Waals surface area contributed by atoms with E-state index in [1.807, 2.05) is 6.92 Å². The van der Waals surface area contributed by atoms with E-state index >= 15 is 0 Å². The second kappa shape index (κ2) is 5.85. The predicted octanol–water partition coefficient (Wildman–Crippen LogP) is 0.595. The van der Waals surface area contributed by atoms with Crippen molar-refractivity contribution in [2.45, 2.75) is 26.0 Å².